The van der Waals surface area contributed by atoms with E-state index in [1.54, 1.807) is 34.7 Å². The lowest BCUT2D eigenvalue weighted by molar-refractivity contribution is 0.103. The van der Waals surface area contributed by atoms with Gasteiger partial charge in [0.2, 0.25) is 0 Å². The maximum absolute atomic E-state index is 12.9. The van der Waals surface area contributed by atoms with Crippen molar-refractivity contribution in [2.75, 3.05) is 12.4 Å². The molecule has 0 spiro atoms. The molecular formula is C18H12BrN3O3S2. The molecule has 0 aliphatic rings. The van der Waals surface area contributed by atoms with Crippen LogP contribution in [0.1, 0.15) is 9.67 Å². The average molecular weight is 462 g/mol. The van der Waals surface area contributed by atoms with Crippen molar-refractivity contribution in [3.63, 3.8) is 0 Å². The molecular weight excluding hydrogens is 450 g/mol. The zero-order valence-electron chi connectivity index (χ0n) is 13.9. The van der Waals surface area contributed by atoms with Crippen molar-refractivity contribution < 1.29 is 9.53 Å². The standard InChI is InChI=1S/C18H12BrN3O3S2/c1-25-13-5-3-2-4-11(13)20-17(24)14-15-21-16(23)10-8-9(19)6-7-12(10)22(15)18(26)27-14/h2-8H,1H3,(H,20,24)(H,21,23). The maximum atomic E-state index is 12.9. The first-order valence-corrected chi connectivity index (χ1v) is 9.83. The zero-order chi connectivity index (χ0) is 19.1. The van der Waals surface area contributed by atoms with Crippen LogP contribution in [0, 0.1) is 3.95 Å². The third-order valence-electron chi connectivity index (χ3n) is 4.05. The number of hydrogen-bond donors (Lipinski definition) is 2. The van der Waals surface area contributed by atoms with Gasteiger partial charge in [0, 0.05) is 4.47 Å². The van der Waals surface area contributed by atoms with Crippen molar-refractivity contribution in [2.45, 2.75) is 0 Å². The highest BCUT2D eigenvalue weighted by Crippen LogP contribution is 2.27. The largest absolute Gasteiger partial charge is 0.495 e. The van der Waals surface area contributed by atoms with E-state index in [0.717, 1.165) is 15.8 Å². The quantitative estimate of drug-likeness (QED) is 0.437. The summed E-state index contributed by atoms with van der Waals surface area (Å²) in [7, 11) is 1.53. The summed E-state index contributed by atoms with van der Waals surface area (Å²) in [6.45, 7) is 0. The van der Waals surface area contributed by atoms with Crippen molar-refractivity contribution in [1.29, 1.82) is 0 Å². The van der Waals surface area contributed by atoms with Gasteiger partial charge in [-0.15, -0.1) is 0 Å². The highest BCUT2D eigenvalue weighted by molar-refractivity contribution is 9.10. The van der Waals surface area contributed by atoms with Crippen molar-refractivity contribution in [3.05, 3.63) is 66.1 Å². The lowest BCUT2D eigenvalue weighted by Crippen LogP contribution is -2.15. The minimum Gasteiger partial charge on any atom is -0.495 e. The molecule has 4 aromatic rings. The van der Waals surface area contributed by atoms with Gasteiger partial charge < -0.3 is 15.0 Å². The number of halogens is 1. The molecule has 2 heterocycles. The summed E-state index contributed by atoms with van der Waals surface area (Å²) in [4.78, 5) is 28.5. The van der Waals surface area contributed by atoms with E-state index in [1.165, 1.54) is 7.11 Å². The number of thiazole rings is 1. The monoisotopic (exact) mass is 461 g/mol. The predicted molar refractivity (Wildman–Crippen MR) is 113 cm³/mol. The molecule has 0 aliphatic heterocycles. The van der Waals surface area contributed by atoms with Crippen LogP contribution in [0.2, 0.25) is 0 Å². The molecule has 0 radical (unpaired) electrons. The van der Waals surface area contributed by atoms with Gasteiger partial charge >= 0.3 is 0 Å². The number of nitrogens with zero attached hydrogens (tertiary/aromatic N) is 1. The van der Waals surface area contributed by atoms with Gasteiger partial charge in [-0.1, -0.05) is 39.4 Å². The van der Waals surface area contributed by atoms with Gasteiger partial charge in [0.25, 0.3) is 11.5 Å². The van der Waals surface area contributed by atoms with Crippen molar-refractivity contribution in [1.82, 2.24) is 9.38 Å². The van der Waals surface area contributed by atoms with Crippen LogP contribution in [0.25, 0.3) is 16.6 Å². The Morgan fingerprint density at radius 3 is 2.85 bits per heavy atom. The van der Waals surface area contributed by atoms with E-state index >= 15 is 0 Å². The number of aromatic nitrogens is 2. The molecule has 0 saturated carbocycles. The van der Waals surface area contributed by atoms with E-state index < -0.39 is 0 Å². The first kappa shape index (κ1) is 17.9. The number of H-pyrrole nitrogens is 1. The van der Waals surface area contributed by atoms with Gasteiger partial charge in [-0.25, -0.2) is 0 Å². The molecule has 0 unspecified atom stereocenters. The molecule has 2 aromatic carbocycles. The Morgan fingerprint density at radius 1 is 1.30 bits per heavy atom. The molecule has 0 atom stereocenters. The summed E-state index contributed by atoms with van der Waals surface area (Å²) >= 11 is 9.96. The van der Waals surface area contributed by atoms with Crippen LogP contribution in [0.4, 0.5) is 5.69 Å². The summed E-state index contributed by atoms with van der Waals surface area (Å²) < 4.78 is 8.23. The number of ether oxygens (including phenoxy) is 1. The number of hydrogen-bond acceptors (Lipinski definition) is 5. The highest BCUT2D eigenvalue weighted by Gasteiger charge is 2.19. The van der Waals surface area contributed by atoms with Crippen molar-refractivity contribution in [2.24, 2.45) is 0 Å². The average Bonchev–Trinajstić information content (AvgIpc) is 2.99. The number of nitrogens with one attached hydrogen (secondary N) is 2. The number of anilines is 1. The van der Waals surface area contributed by atoms with Crippen LogP contribution in [-0.4, -0.2) is 22.4 Å². The lowest BCUT2D eigenvalue weighted by Gasteiger charge is -2.09. The number of fused-ring (bicyclic) bond motifs is 3. The molecule has 9 heteroatoms. The molecule has 1 amide bonds. The Balaban J connectivity index is 1.89. The van der Waals surface area contributed by atoms with Gasteiger partial charge in [-0.3, -0.25) is 14.0 Å². The second-order valence-corrected chi connectivity index (χ2v) is 8.21. The van der Waals surface area contributed by atoms with Gasteiger partial charge in [-0.05, 0) is 42.5 Å². The van der Waals surface area contributed by atoms with Crippen LogP contribution in [0.5, 0.6) is 5.75 Å². The molecule has 6 nitrogen and oxygen atoms in total. The van der Waals surface area contributed by atoms with E-state index in [1.807, 2.05) is 12.1 Å². The number of amides is 1. The van der Waals surface area contributed by atoms with Crippen molar-refractivity contribution >= 4 is 67.6 Å². The number of rotatable bonds is 3. The van der Waals surface area contributed by atoms with Crippen LogP contribution >= 0.6 is 39.5 Å². The second kappa shape index (κ2) is 6.91. The summed E-state index contributed by atoms with van der Waals surface area (Å²) in [6.07, 6.45) is 0. The maximum Gasteiger partial charge on any atom is 0.269 e. The highest BCUT2D eigenvalue weighted by atomic mass is 79.9. The number of carbonyl (C=O) groups is 1. The van der Waals surface area contributed by atoms with Gasteiger partial charge in [0.15, 0.2) is 3.95 Å². The SMILES string of the molecule is COc1ccccc1NC(=O)c1sc(=S)n2c1[nH]c(=O)c1cc(Br)ccc12. The Hall–Kier alpha value is -2.49. The van der Waals surface area contributed by atoms with E-state index in [-0.39, 0.29) is 11.5 Å². The molecule has 0 aliphatic carbocycles. The van der Waals surface area contributed by atoms with E-state index in [4.69, 9.17) is 17.0 Å². The van der Waals surface area contributed by atoms with Gasteiger partial charge in [0.1, 0.15) is 16.3 Å². The van der Waals surface area contributed by atoms with E-state index in [9.17, 15) is 9.59 Å². The Kier molecular flexibility index (Phi) is 4.58. The second-order valence-electron chi connectivity index (χ2n) is 5.65. The summed E-state index contributed by atoms with van der Waals surface area (Å²) in [5, 5.41) is 3.31. The van der Waals surface area contributed by atoms with Crippen LogP contribution < -0.4 is 15.6 Å². The van der Waals surface area contributed by atoms with Crippen molar-refractivity contribution in [3.8, 4) is 5.75 Å². The van der Waals surface area contributed by atoms with Gasteiger partial charge in [0.05, 0.1) is 23.7 Å². The zero-order valence-corrected chi connectivity index (χ0v) is 17.1. The third kappa shape index (κ3) is 3.07. The van der Waals surface area contributed by atoms with Crippen LogP contribution in [0.15, 0.2) is 51.7 Å². The molecule has 2 N–H and O–H groups in total. The summed E-state index contributed by atoms with van der Waals surface area (Å²) in [5.74, 6) is 0.173. The number of benzene rings is 2. The number of methoxy groups -OCH3 is 1. The Morgan fingerprint density at radius 2 is 2.07 bits per heavy atom. The fourth-order valence-electron chi connectivity index (χ4n) is 2.85. The predicted octanol–water partition coefficient (Wildman–Crippen LogP) is 4.60. The molecule has 0 saturated heterocycles. The first-order chi connectivity index (χ1) is 13.0. The molecule has 0 fully saturated rings. The molecule has 0 bridgehead atoms. The number of aromatic amines is 1. The fourth-order valence-corrected chi connectivity index (χ4v) is 4.49. The molecule has 2 aromatic heterocycles. The molecule has 27 heavy (non-hydrogen) atoms. The Bertz CT molecular complexity index is 1320. The number of para-hydroxylation sites is 2. The normalized spacial score (nSPS) is 11.0. The van der Waals surface area contributed by atoms with Crippen LogP contribution in [0.3, 0.4) is 0 Å². The van der Waals surface area contributed by atoms with E-state index in [2.05, 4.69) is 26.2 Å². The fraction of sp³-hybridized carbons (Fsp3) is 0.0556. The minimum absolute atomic E-state index is 0.287. The van der Waals surface area contributed by atoms with Gasteiger partial charge in [-0.2, -0.15) is 0 Å². The molecule has 4 rings (SSSR count). The molecule has 136 valence electrons. The Labute approximate surface area is 170 Å². The topological polar surface area (TPSA) is 75.6 Å². The van der Waals surface area contributed by atoms with Crippen LogP contribution in [-0.2, 0) is 0 Å². The number of carbonyl (C=O) groups excluding carboxylic acids is 1. The smallest absolute Gasteiger partial charge is 0.269 e. The first-order valence-electron chi connectivity index (χ1n) is 7.81. The lowest BCUT2D eigenvalue weighted by atomic mass is 10.2. The summed E-state index contributed by atoms with van der Waals surface area (Å²) in [6, 6.07) is 12.5. The third-order valence-corrected chi connectivity index (χ3v) is 5.91. The van der Waals surface area contributed by atoms with E-state index in [0.29, 0.717) is 36.8 Å². The minimum atomic E-state index is -0.370. The summed E-state index contributed by atoms with van der Waals surface area (Å²) in [5.41, 5.74) is 1.27.